The van der Waals surface area contributed by atoms with Gasteiger partial charge in [0.15, 0.2) is 0 Å². The largest absolute Gasteiger partial charge is 0.350 e. The maximum atomic E-state index is 13.7. The molecule has 2 aromatic rings. The third kappa shape index (κ3) is 8.10. The van der Waals surface area contributed by atoms with Crippen LogP contribution in [0.5, 0.6) is 0 Å². The molecule has 1 N–H and O–H groups in total. The van der Waals surface area contributed by atoms with Crippen molar-refractivity contribution in [2.45, 2.75) is 52.2 Å². The van der Waals surface area contributed by atoms with Crippen molar-refractivity contribution in [2.24, 2.45) is 0 Å². The highest BCUT2D eigenvalue weighted by Gasteiger charge is 2.34. The Morgan fingerprint density at radius 1 is 1.06 bits per heavy atom. The number of hydrogen-bond donors (Lipinski definition) is 1. The van der Waals surface area contributed by atoms with Gasteiger partial charge in [-0.2, -0.15) is 0 Å². The van der Waals surface area contributed by atoms with Gasteiger partial charge in [-0.25, -0.2) is 8.42 Å². The Morgan fingerprint density at radius 3 is 2.11 bits per heavy atom. The van der Waals surface area contributed by atoms with E-state index in [1.54, 1.807) is 49.4 Å². The van der Waals surface area contributed by atoms with Crippen LogP contribution in [0, 0.1) is 0 Å². The molecule has 0 saturated heterocycles. The lowest BCUT2D eigenvalue weighted by atomic mass is 10.1. The number of carbonyl (C=O) groups excluding carboxylic acids is 2. The number of nitrogens with zero attached hydrogens (tertiary/aromatic N) is 2. The Labute approximate surface area is 225 Å². The predicted octanol–water partition coefficient (Wildman–Crippen LogP) is 5.24. The molecule has 0 aliphatic heterocycles. The number of benzene rings is 2. The van der Waals surface area contributed by atoms with E-state index >= 15 is 0 Å². The number of halogens is 3. The number of nitrogens with one attached hydrogen (secondary N) is 1. The van der Waals surface area contributed by atoms with Crippen molar-refractivity contribution in [3.05, 3.63) is 62.5 Å². The zero-order chi connectivity index (χ0) is 26.6. The number of anilines is 1. The maximum absolute atomic E-state index is 13.7. The molecule has 2 aromatic carbocycles. The first-order valence-corrected chi connectivity index (χ1v) is 14.3. The van der Waals surface area contributed by atoms with Gasteiger partial charge < -0.3 is 10.2 Å². The van der Waals surface area contributed by atoms with E-state index in [1.807, 2.05) is 20.8 Å². The molecule has 2 rings (SSSR count). The van der Waals surface area contributed by atoms with Gasteiger partial charge in [0.1, 0.15) is 12.6 Å². The third-order valence-electron chi connectivity index (χ3n) is 5.07. The number of sulfonamides is 1. The second-order valence-corrected chi connectivity index (χ2v) is 12.7. The monoisotopic (exact) mass is 605 g/mol. The van der Waals surface area contributed by atoms with Gasteiger partial charge in [-0.05, 0) is 67.4 Å². The number of hydrogen-bond acceptors (Lipinski definition) is 4. The molecule has 0 unspecified atom stereocenters. The minimum absolute atomic E-state index is 0.0685. The van der Waals surface area contributed by atoms with Gasteiger partial charge in [-0.15, -0.1) is 0 Å². The van der Waals surface area contributed by atoms with Crippen LogP contribution < -0.4 is 9.62 Å². The summed E-state index contributed by atoms with van der Waals surface area (Å²) in [6, 6.07) is 10.8. The molecule has 0 fully saturated rings. The van der Waals surface area contributed by atoms with E-state index in [4.69, 9.17) is 23.2 Å². The van der Waals surface area contributed by atoms with Crippen LogP contribution in [-0.2, 0) is 26.2 Å². The zero-order valence-corrected chi connectivity index (χ0v) is 24.2. The molecule has 7 nitrogen and oxygen atoms in total. The van der Waals surface area contributed by atoms with E-state index in [9.17, 15) is 18.0 Å². The van der Waals surface area contributed by atoms with Crippen LogP contribution >= 0.6 is 39.1 Å². The molecular formula is C24H30BrCl2N3O4S. The Balaban J connectivity index is 2.54. The van der Waals surface area contributed by atoms with Gasteiger partial charge in [0.25, 0.3) is 0 Å². The number of para-hydroxylation sites is 1. The quantitative estimate of drug-likeness (QED) is 0.423. The average Bonchev–Trinajstić information content (AvgIpc) is 2.72. The lowest BCUT2D eigenvalue weighted by Crippen LogP contribution is -2.55. The molecular weight excluding hydrogens is 577 g/mol. The first-order valence-electron chi connectivity index (χ1n) is 10.9. The van der Waals surface area contributed by atoms with E-state index in [2.05, 4.69) is 21.2 Å². The molecule has 0 saturated carbocycles. The Hall–Kier alpha value is -1.81. The molecule has 35 heavy (non-hydrogen) atoms. The summed E-state index contributed by atoms with van der Waals surface area (Å²) < 4.78 is 26.9. The van der Waals surface area contributed by atoms with E-state index in [0.29, 0.717) is 32.2 Å². The summed E-state index contributed by atoms with van der Waals surface area (Å²) >= 11 is 16.1. The van der Waals surface area contributed by atoms with Crippen molar-refractivity contribution in [1.82, 2.24) is 10.2 Å². The lowest BCUT2D eigenvalue weighted by Gasteiger charge is -2.35. The SMILES string of the molecule is CC[C@H](C(=O)NC(C)(C)C)N(Cc1c(Cl)cccc1Cl)C(=O)CN(c1ccccc1Br)S(C)(=O)=O. The van der Waals surface area contributed by atoms with Gasteiger partial charge in [0.2, 0.25) is 21.8 Å². The number of rotatable bonds is 9. The van der Waals surface area contributed by atoms with E-state index in [1.165, 1.54) is 4.90 Å². The highest BCUT2D eigenvalue weighted by molar-refractivity contribution is 9.10. The molecule has 2 amide bonds. The van der Waals surface area contributed by atoms with Crippen molar-refractivity contribution in [3.63, 3.8) is 0 Å². The minimum atomic E-state index is -3.84. The molecule has 0 aliphatic rings. The number of carbonyl (C=O) groups is 2. The van der Waals surface area contributed by atoms with Crippen LogP contribution in [0.3, 0.4) is 0 Å². The van der Waals surface area contributed by atoms with Gasteiger partial charge in [0, 0.05) is 32.2 Å². The van der Waals surface area contributed by atoms with Crippen molar-refractivity contribution < 1.29 is 18.0 Å². The standard InChI is InChI=1S/C24H30BrCl2N3O4S/c1-6-20(23(32)28-24(2,3)4)29(14-16-18(26)11-9-12-19(16)27)22(31)15-30(35(5,33)34)21-13-8-7-10-17(21)25/h7-13,20H,6,14-15H2,1-5H3,(H,28,32)/t20-/m1/s1. The summed E-state index contributed by atoms with van der Waals surface area (Å²) in [6.45, 7) is 6.72. The van der Waals surface area contributed by atoms with E-state index < -0.39 is 34.1 Å². The van der Waals surface area contributed by atoms with Gasteiger partial charge in [-0.3, -0.25) is 13.9 Å². The molecule has 11 heteroatoms. The van der Waals surface area contributed by atoms with Crippen molar-refractivity contribution in [3.8, 4) is 0 Å². The summed E-state index contributed by atoms with van der Waals surface area (Å²) in [5.41, 5.74) is 0.249. The normalized spacial score (nSPS) is 12.7. The molecule has 0 aromatic heterocycles. The minimum Gasteiger partial charge on any atom is -0.350 e. The molecule has 0 aliphatic carbocycles. The summed E-state index contributed by atoms with van der Waals surface area (Å²) in [5, 5.41) is 3.59. The Morgan fingerprint density at radius 2 is 1.63 bits per heavy atom. The fourth-order valence-corrected chi connectivity index (χ4v) is 5.47. The topological polar surface area (TPSA) is 86.8 Å². The van der Waals surface area contributed by atoms with E-state index in [0.717, 1.165) is 10.6 Å². The van der Waals surface area contributed by atoms with Crippen LogP contribution in [0.25, 0.3) is 0 Å². The molecule has 0 bridgehead atoms. The van der Waals surface area contributed by atoms with E-state index in [-0.39, 0.29) is 12.5 Å². The summed E-state index contributed by atoms with van der Waals surface area (Å²) in [7, 11) is -3.84. The highest BCUT2D eigenvalue weighted by Crippen LogP contribution is 2.30. The summed E-state index contributed by atoms with van der Waals surface area (Å²) in [6.07, 6.45) is 1.32. The van der Waals surface area contributed by atoms with Crippen LogP contribution in [0.4, 0.5) is 5.69 Å². The van der Waals surface area contributed by atoms with Crippen molar-refractivity contribution in [2.75, 3.05) is 17.1 Å². The average molecular weight is 607 g/mol. The molecule has 0 heterocycles. The van der Waals surface area contributed by atoms with Crippen LogP contribution in [-0.4, -0.2) is 49.5 Å². The first kappa shape index (κ1) is 29.4. The maximum Gasteiger partial charge on any atom is 0.244 e. The van der Waals surface area contributed by atoms with Crippen molar-refractivity contribution >= 4 is 66.7 Å². The van der Waals surface area contributed by atoms with Gasteiger partial charge >= 0.3 is 0 Å². The molecule has 1 atom stereocenters. The smallest absolute Gasteiger partial charge is 0.244 e. The second-order valence-electron chi connectivity index (χ2n) is 9.11. The fourth-order valence-electron chi connectivity index (χ4n) is 3.47. The number of amides is 2. The molecule has 0 spiro atoms. The fraction of sp³-hybridized carbons (Fsp3) is 0.417. The van der Waals surface area contributed by atoms with Crippen LogP contribution in [0.1, 0.15) is 39.7 Å². The molecule has 0 radical (unpaired) electrons. The second kappa shape index (κ2) is 12.0. The molecule has 192 valence electrons. The summed E-state index contributed by atoms with van der Waals surface area (Å²) in [4.78, 5) is 28.2. The van der Waals surface area contributed by atoms with Gasteiger partial charge in [-0.1, -0.05) is 48.3 Å². The first-order chi connectivity index (χ1) is 16.2. The van der Waals surface area contributed by atoms with Crippen molar-refractivity contribution in [1.29, 1.82) is 0 Å². The Kier molecular flexibility index (Phi) is 10.0. The third-order valence-corrected chi connectivity index (χ3v) is 7.58. The van der Waals surface area contributed by atoms with Crippen LogP contribution in [0.15, 0.2) is 46.9 Å². The van der Waals surface area contributed by atoms with Crippen LogP contribution in [0.2, 0.25) is 10.0 Å². The predicted molar refractivity (Wildman–Crippen MR) is 145 cm³/mol. The Bertz CT molecular complexity index is 1170. The van der Waals surface area contributed by atoms with Gasteiger partial charge in [0.05, 0.1) is 11.9 Å². The highest BCUT2D eigenvalue weighted by atomic mass is 79.9. The zero-order valence-electron chi connectivity index (χ0n) is 20.3. The lowest BCUT2D eigenvalue weighted by molar-refractivity contribution is -0.141. The summed E-state index contributed by atoms with van der Waals surface area (Å²) in [5.74, 6) is -0.929.